The first-order valence-corrected chi connectivity index (χ1v) is 8.66. The summed E-state index contributed by atoms with van der Waals surface area (Å²) in [5.74, 6) is 1.65. The zero-order valence-electron chi connectivity index (χ0n) is 14.9. The number of aldehydes is 1. The Balaban J connectivity index is 1.71. The molecule has 0 heterocycles. The summed E-state index contributed by atoms with van der Waals surface area (Å²) in [7, 11) is 1.65. The summed E-state index contributed by atoms with van der Waals surface area (Å²) >= 11 is 0. The molecule has 3 rings (SSSR count). The molecule has 0 aliphatic rings. The third-order valence-electron chi connectivity index (χ3n) is 4.30. The van der Waals surface area contributed by atoms with E-state index in [-0.39, 0.29) is 0 Å². The van der Waals surface area contributed by atoms with E-state index in [2.05, 4.69) is 12.1 Å². The molecule has 0 amide bonds. The van der Waals surface area contributed by atoms with Crippen LogP contribution in [0.25, 0.3) is 0 Å². The molecule has 3 aromatic carbocycles. The monoisotopic (exact) mass is 346 g/mol. The van der Waals surface area contributed by atoms with Crippen LogP contribution in [0.1, 0.15) is 27.0 Å². The van der Waals surface area contributed by atoms with Crippen LogP contribution < -0.4 is 9.47 Å². The molecule has 0 saturated heterocycles. The van der Waals surface area contributed by atoms with Crippen LogP contribution in [0.4, 0.5) is 0 Å². The molecule has 3 aromatic rings. The van der Waals surface area contributed by atoms with Gasteiger partial charge in [0.25, 0.3) is 0 Å². The van der Waals surface area contributed by atoms with Crippen LogP contribution in [0.2, 0.25) is 0 Å². The van der Waals surface area contributed by atoms with Gasteiger partial charge in [0, 0.05) is 5.56 Å². The Bertz CT molecular complexity index is 839. The number of hydrogen-bond donors (Lipinski definition) is 0. The molecule has 0 radical (unpaired) electrons. The molecule has 3 nitrogen and oxygen atoms in total. The van der Waals surface area contributed by atoms with Crippen molar-refractivity contribution in [1.82, 2.24) is 0 Å². The van der Waals surface area contributed by atoms with Crippen molar-refractivity contribution >= 4 is 6.29 Å². The van der Waals surface area contributed by atoms with Gasteiger partial charge in [-0.1, -0.05) is 42.5 Å². The molecular formula is C23H22O3. The first-order valence-electron chi connectivity index (χ1n) is 8.66. The topological polar surface area (TPSA) is 35.5 Å². The Morgan fingerprint density at radius 1 is 0.846 bits per heavy atom. The highest BCUT2D eigenvalue weighted by molar-refractivity contribution is 5.75. The number of aryl methyl sites for hydroxylation is 2. The molecule has 3 heteroatoms. The maximum absolute atomic E-state index is 11.1. The second-order valence-corrected chi connectivity index (χ2v) is 6.11. The highest BCUT2D eigenvalue weighted by Crippen LogP contribution is 2.23. The van der Waals surface area contributed by atoms with E-state index in [1.807, 2.05) is 54.6 Å². The standard InChI is InChI=1S/C23H22O3/c1-25-22-12-8-19(9-13-22)17-26-23-14-10-20(16-24)15-21(23)11-7-18-5-3-2-4-6-18/h2-6,8-10,12-16H,7,11,17H2,1H3. The fourth-order valence-electron chi connectivity index (χ4n) is 2.82. The molecule has 0 saturated carbocycles. The van der Waals surface area contributed by atoms with Crippen LogP contribution in [-0.4, -0.2) is 13.4 Å². The van der Waals surface area contributed by atoms with Gasteiger partial charge in [0.1, 0.15) is 24.4 Å². The zero-order chi connectivity index (χ0) is 18.2. The molecule has 132 valence electrons. The lowest BCUT2D eigenvalue weighted by Gasteiger charge is -2.13. The van der Waals surface area contributed by atoms with Crippen LogP contribution in [0, 0.1) is 0 Å². The summed E-state index contributed by atoms with van der Waals surface area (Å²) in [6, 6.07) is 23.7. The SMILES string of the molecule is COc1ccc(COc2ccc(C=O)cc2CCc2ccccc2)cc1. The number of carbonyl (C=O) groups excluding carboxylic acids is 1. The summed E-state index contributed by atoms with van der Waals surface area (Å²) in [5, 5.41) is 0. The summed E-state index contributed by atoms with van der Waals surface area (Å²) < 4.78 is 11.2. The van der Waals surface area contributed by atoms with E-state index in [4.69, 9.17) is 9.47 Å². The van der Waals surface area contributed by atoms with Gasteiger partial charge in [-0.2, -0.15) is 0 Å². The number of rotatable bonds is 8. The minimum absolute atomic E-state index is 0.475. The fraction of sp³-hybridized carbons (Fsp3) is 0.174. The average molecular weight is 346 g/mol. The second kappa shape index (κ2) is 8.86. The van der Waals surface area contributed by atoms with Crippen molar-refractivity contribution in [2.45, 2.75) is 19.4 Å². The summed E-state index contributed by atoms with van der Waals surface area (Å²) in [5.41, 5.74) is 4.06. The van der Waals surface area contributed by atoms with Crippen LogP contribution in [0.5, 0.6) is 11.5 Å². The van der Waals surface area contributed by atoms with E-state index in [9.17, 15) is 4.79 Å². The Morgan fingerprint density at radius 3 is 2.31 bits per heavy atom. The van der Waals surface area contributed by atoms with Crippen molar-refractivity contribution in [2.24, 2.45) is 0 Å². The van der Waals surface area contributed by atoms with E-state index in [1.54, 1.807) is 13.2 Å². The van der Waals surface area contributed by atoms with E-state index in [0.29, 0.717) is 12.2 Å². The lowest BCUT2D eigenvalue weighted by molar-refractivity contribution is 0.112. The maximum atomic E-state index is 11.1. The third-order valence-corrected chi connectivity index (χ3v) is 4.30. The molecule has 0 fully saturated rings. The smallest absolute Gasteiger partial charge is 0.150 e. The van der Waals surface area contributed by atoms with Crippen molar-refractivity contribution in [3.63, 3.8) is 0 Å². The minimum Gasteiger partial charge on any atom is -0.497 e. The van der Waals surface area contributed by atoms with Crippen LogP contribution in [0.15, 0.2) is 72.8 Å². The zero-order valence-corrected chi connectivity index (χ0v) is 14.9. The predicted octanol–water partition coefficient (Wildman–Crippen LogP) is 4.87. The molecule has 0 bridgehead atoms. The van der Waals surface area contributed by atoms with Gasteiger partial charge in [0.15, 0.2) is 0 Å². The van der Waals surface area contributed by atoms with Crippen LogP contribution >= 0.6 is 0 Å². The van der Waals surface area contributed by atoms with Crippen molar-refractivity contribution in [3.8, 4) is 11.5 Å². The average Bonchev–Trinajstić information content (AvgIpc) is 2.72. The van der Waals surface area contributed by atoms with Gasteiger partial charge in [-0.25, -0.2) is 0 Å². The number of hydrogen-bond acceptors (Lipinski definition) is 3. The maximum Gasteiger partial charge on any atom is 0.150 e. The summed E-state index contributed by atoms with van der Waals surface area (Å²) in [6.07, 6.45) is 2.60. The summed E-state index contributed by atoms with van der Waals surface area (Å²) in [6.45, 7) is 0.475. The number of benzene rings is 3. The molecule has 0 aliphatic carbocycles. The van der Waals surface area contributed by atoms with Gasteiger partial charge in [-0.3, -0.25) is 4.79 Å². The van der Waals surface area contributed by atoms with E-state index >= 15 is 0 Å². The molecular weight excluding hydrogens is 324 g/mol. The van der Waals surface area contributed by atoms with Crippen molar-refractivity contribution < 1.29 is 14.3 Å². The van der Waals surface area contributed by atoms with Gasteiger partial charge in [-0.05, 0) is 59.9 Å². The van der Waals surface area contributed by atoms with Gasteiger partial charge < -0.3 is 9.47 Å². The lowest BCUT2D eigenvalue weighted by atomic mass is 10.0. The van der Waals surface area contributed by atoms with E-state index in [0.717, 1.165) is 41.8 Å². The Labute approximate surface area is 154 Å². The molecule has 0 atom stereocenters. The quantitative estimate of drug-likeness (QED) is 0.546. The van der Waals surface area contributed by atoms with E-state index in [1.165, 1.54) is 5.56 Å². The van der Waals surface area contributed by atoms with Crippen LogP contribution in [0.3, 0.4) is 0 Å². The molecule has 0 unspecified atom stereocenters. The normalized spacial score (nSPS) is 10.3. The minimum atomic E-state index is 0.475. The third kappa shape index (κ3) is 4.73. The summed E-state index contributed by atoms with van der Waals surface area (Å²) in [4.78, 5) is 11.1. The van der Waals surface area contributed by atoms with E-state index < -0.39 is 0 Å². The van der Waals surface area contributed by atoms with Gasteiger partial charge in [-0.15, -0.1) is 0 Å². The first-order chi connectivity index (χ1) is 12.8. The number of methoxy groups -OCH3 is 1. The van der Waals surface area contributed by atoms with Crippen molar-refractivity contribution in [3.05, 3.63) is 95.1 Å². The lowest BCUT2D eigenvalue weighted by Crippen LogP contribution is -2.01. The van der Waals surface area contributed by atoms with Crippen LogP contribution in [-0.2, 0) is 19.4 Å². The Morgan fingerprint density at radius 2 is 1.62 bits per heavy atom. The van der Waals surface area contributed by atoms with Gasteiger partial charge in [0.2, 0.25) is 0 Å². The van der Waals surface area contributed by atoms with Crippen molar-refractivity contribution in [1.29, 1.82) is 0 Å². The fourth-order valence-corrected chi connectivity index (χ4v) is 2.82. The Hall–Kier alpha value is -3.07. The number of ether oxygens (including phenoxy) is 2. The molecule has 0 aromatic heterocycles. The molecule has 26 heavy (non-hydrogen) atoms. The molecule has 0 spiro atoms. The van der Waals surface area contributed by atoms with Gasteiger partial charge in [0.05, 0.1) is 7.11 Å². The number of carbonyl (C=O) groups is 1. The largest absolute Gasteiger partial charge is 0.497 e. The second-order valence-electron chi connectivity index (χ2n) is 6.11. The highest BCUT2D eigenvalue weighted by Gasteiger charge is 2.07. The van der Waals surface area contributed by atoms with Crippen molar-refractivity contribution in [2.75, 3.05) is 7.11 Å². The molecule has 0 N–H and O–H groups in total. The van der Waals surface area contributed by atoms with Gasteiger partial charge >= 0.3 is 0 Å². The highest BCUT2D eigenvalue weighted by atomic mass is 16.5. The predicted molar refractivity (Wildman–Crippen MR) is 103 cm³/mol. The molecule has 0 aliphatic heterocycles. The Kier molecular flexibility index (Phi) is 6.05. The first kappa shape index (κ1) is 17.7.